The number of benzene rings is 1. The smallest absolute Gasteiger partial charge is 0.431 e. The predicted molar refractivity (Wildman–Crippen MR) is 80.2 cm³/mol. The lowest BCUT2D eigenvalue weighted by Gasteiger charge is -2.13. The standard InChI is InChI=1S/C15H10Cl2F3NO/c16-9-3-1-2-4-12(9)22-13-5-8-6-14(15(18,19)20)21-11(8)7-10(13)17/h2,4-7,21H,1,3H2. The van der Waals surface area contributed by atoms with Crippen LogP contribution in [0.2, 0.25) is 5.02 Å². The van der Waals surface area contributed by atoms with Crippen LogP contribution in [0.15, 0.2) is 41.1 Å². The Bertz CT molecular complexity index is 790. The molecular formula is C15H10Cl2F3NO. The van der Waals surface area contributed by atoms with Crippen molar-refractivity contribution in [1.82, 2.24) is 4.98 Å². The number of halogens is 5. The van der Waals surface area contributed by atoms with Crippen molar-refractivity contribution in [2.45, 2.75) is 19.0 Å². The first-order valence-electron chi connectivity index (χ1n) is 6.47. The average Bonchev–Trinajstić information content (AvgIpc) is 2.84. The van der Waals surface area contributed by atoms with Gasteiger partial charge in [-0.05, 0) is 37.1 Å². The van der Waals surface area contributed by atoms with Crippen molar-refractivity contribution in [3.05, 3.63) is 51.9 Å². The molecule has 2 nitrogen and oxygen atoms in total. The Balaban J connectivity index is 2.00. The van der Waals surface area contributed by atoms with Crippen molar-refractivity contribution in [3.8, 4) is 5.75 Å². The molecule has 1 heterocycles. The number of rotatable bonds is 2. The molecule has 0 unspecified atom stereocenters. The summed E-state index contributed by atoms with van der Waals surface area (Å²) in [6.45, 7) is 0. The highest BCUT2D eigenvalue weighted by Crippen LogP contribution is 2.36. The molecule has 0 amide bonds. The van der Waals surface area contributed by atoms with Gasteiger partial charge in [-0.25, -0.2) is 0 Å². The van der Waals surface area contributed by atoms with Crippen LogP contribution < -0.4 is 4.74 Å². The highest BCUT2D eigenvalue weighted by molar-refractivity contribution is 6.33. The van der Waals surface area contributed by atoms with E-state index in [-0.39, 0.29) is 10.8 Å². The summed E-state index contributed by atoms with van der Waals surface area (Å²) in [5.41, 5.74) is -0.533. The Morgan fingerprint density at radius 3 is 2.59 bits per heavy atom. The van der Waals surface area contributed by atoms with Gasteiger partial charge in [0.05, 0.1) is 10.1 Å². The molecule has 1 aliphatic carbocycles. The number of H-pyrrole nitrogens is 1. The molecule has 0 fully saturated rings. The van der Waals surface area contributed by atoms with Gasteiger partial charge in [0.1, 0.15) is 17.2 Å². The minimum absolute atomic E-state index is 0.207. The third-order valence-electron chi connectivity index (χ3n) is 3.27. The summed E-state index contributed by atoms with van der Waals surface area (Å²) in [5, 5.41) is 1.13. The molecule has 1 aromatic heterocycles. The van der Waals surface area contributed by atoms with E-state index in [2.05, 4.69) is 4.98 Å². The van der Waals surface area contributed by atoms with Crippen LogP contribution in [0.25, 0.3) is 10.9 Å². The molecule has 3 rings (SSSR count). The Morgan fingerprint density at radius 1 is 1.14 bits per heavy atom. The fraction of sp³-hybridized carbons (Fsp3) is 0.200. The molecule has 0 atom stereocenters. The molecule has 1 aromatic carbocycles. The second-order valence-corrected chi connectivity index (χ2v) is 5.73. The van der Waals surface area contributed by atoms with Gasteiger partial charge in [-0.1, -0.05) is 29.3 Å². The molecule has 1 N–H and O–H groups in total. The number of aromatic nitrogens is 1. The van der Waals surface area contributed by atoms with Crippen LogP contribution in [0.1, 0.15) is 18.5 Å². The zero-order valence-electron chi connectivity index (χ0n) is 11.1. The van der Waals surface area contributed by atoms with Gasteiger partial charge in [0.2, 0.25) is 0 Å². The van der Waals surface area contributed by atoms with Crippen LogP contribution in [-0.4, -0.2) is 4.98 Å². The zero-order valence-corrected chi connectivity index (χ0v) is 12.6. The maximum absolute atomic E-state index is 12.7. The summed E-state index contributed by atoms with van der Waals surface area (Å²) in [6, 6.07) is 3.89. The number of fused-ring (bicyclic) bond motifs is 1. The predicted octanol–water partition coefficient (Wildman–Crippen LogP) is 6.02. The maximum Gasteiger partial charge on any atom is 0.431 e. The third-order valence-corrected chi connectivity index (χ3v) is 3.94. The number of nitrogens with one attached hydrogen (secondary N) is 1. The number of allylic oxidation sites excluding steroid dienone is 3. The fourth-order valence-corrected chi connectivity index (χ4v) is 2.60. The van der Waals surface area contributed by atoms with Crippen molar-refractivity contribution in [3.63, 3.8) is 0 Å². The van der Waals surface area contributed by atoms with Gasteiger partial charge in [0.15, 0.2) is 0 Å². The first kappa shape index (κ1) is 15.3. The lowest BCUT2D eigenvalue weighted by molar-refractivity contribution is -0.140. The highest BCUT2D eigenvalue weighted by atomic mass is 35.5. The summed E-state index contributed by atoms with van der Waals surface area (Å²) in [4.78, 5) is 2.30. The van der Waals surface area contributed by atoms with Crippen molar-refractivity contribution in [2.24, 2.45) is 0 Å². The van der Waals surface area contributed by atoms with E-state index in [0.29, 0.717) is 28.1 Å². The molecule has 0 saturated carbocycles. The summed E-state index contributed by atoms with van der Waals surface area (Å²) >= 11 is 12.2. The average molecular weight is 348 g/mol. The summed E-state index contributed by atoms with van der Waals surface area (Å²) < 4.78 is 43.8. The first-order chi connectivity index (χ1) is 10.3. The first-order valence-corrected chi connectivity index (χ1v) is 7.22. The van der Waals surface area contributed by atoms with E-state index in [1.165, 1.54) is 12.1 Å². The molecule has 0 spiro atoms. The van der Waals surface area contributed by atoms with Gasteiger partial charge in [-0.15, -0.1) is 0 Å². The van der Waals surface area contributed by atoms with Gasteiger partial charge in [-0.3, -0.25) is 0 Å². The fourth-order valence-electron chi connectivity index (χ4n) is 2.19. The van der Waals surface area contributed by atoms with Gasteiger partial charge in [0.25, 0.3) is 0 Å². The molecule has 116 valence electrons. The van der Waals surface area contributed by atoms with Crippen LogP contribution >= 0.6 is 23.2 Å². The Morgan fingerprint density at radius 2 is 1.91 bits per heavy atom. The van der Waals surface area contributed by atoms with E-state index in [9.17, 15) is 13.2 Å². The molecule has 0 radical (unpaired) electrons. The molecule has 7 heteroatoms. The van der Waals surface area contributed by atoms with E-state index in [0.717, 1.165) is 12.5 Å². The van der Waals surface area contributed by atoms with Crippen LogP contribution in [0, 0.1) is 0 Å². The van der Waals surface area contributed by atoms with Gasteiger partial charge in [-0.2, -0.15) is 13.2 Å². The van der Waals surface area contributed by atoms with Crippen LogP contribution in [0.3, 0.4) is 0 Å². The highest BCUT2D eigenvalue weighted by Gasteiger charge is 2.32. The Hall–Kier alpha value is -1.59. The van der Waals surface area contributed by atoms with Gasteiger partial charge < -0.3 is 9.72 Å². The topological polar surface area (TPSA) is 25.0 Å². The monoisotopic (exact) mass is 347 g/mol. The number of alkyl halides is 3. The molecule has 22 heavy (non-hydrogen) atoms. The second kappa shape index (κ2) is 5.56. The molecule has 1 aliphatic rings. The zero-order chi connectivity index (χ0) is 15.9. The third kappa shape index (κ3) is 2.96. The Labute approximate surface area is 134 Å². The second-order valence-electron chi connectivity index (χ2n) is 4.86. The normalized spacial score (nSPS) is 15.7. The summed E-state index contributed by atoms with van der Waals surface area (Å²) in [7, 11) is 0. The number of aromatic amines is 1. The molecule has 0 saturated heterocycles. The minimum atomic E-state index is -4.44. The van der Waals surface area contributed by atoms with Gasteiger partial charge >= 0.3 is 6.18 Å². The SMILES string of the molecule is FC(F)(F)c1cc2cc(OC3=C(Cl)CCC=C3)c(Cl)cc2[nH]1. The number of hydrogen-bond acceptors (Lipinski definition) is 1. The number of ether oxygens (including phenoxy) is 1. The maximum atomic E-state index is 12.7. The molecular weight excluding hydrogens is 338 g/mol. The minimum Gasteiger partial charge on any atom is -0.455 e. The van der Waals surface area contributed by atoms with E-state index in [1.54, 1.807) is 6.08 Å². The summed E-state index contributed by atoms with van der Waals surface area (Å²) in [6.07, 6.45) is 0.682. The van der Waals surface area contributed by atoms with Gasteiger partial charge in [0, 0.05) is 10.9 Å². The molecule has 0 bridgehead atoms. The van der Waals surface area contributed by atoms with Crippen LogP contribution in [0.5, 0.6) is 5.75 Å². The lowest BCUT2D eigenvalue weighted by atomic mass is 10.2. The van der Waals surface area contributed by atoms with Crippen molar-refractivity contribution >= 4 is 34.1 Å². The van der Waals surface area contributed by atoms with E-state index < -0.39 is 11.9 Å². The van der Waals surface area contributed by atoms with E-state index >= 15 is 0 Å². The van der Waals surface area contributed by atoms with E-state index in [1.807, 2.05) is 6.08 Å². The summed E-state index contributed by atoms with van der Waals surface area (Å²) in [5.74, 6) is 0.724. The number of hydrogen-bond donors (Lipinski definition) is 1. The van der Waals surface area contributed by atoms with Crippen molar-refractivity contribution in [1.29, 1.82) is 0 Å². The van der Waals surface area contributed by atoms with Crippen molar-refractivity contribution in [2.75, 3.05) is 0 Å². The quantitative estimate of drug-likeness (QED) is 0.705. The van der Waals surface area contributed by atoms with Crippen molar-refractivity contribution < 1.29 is 17.9 Å². The Kier molecular flexibility index (Phi) is 3.87. The van der Waals surface area contributed by atoms with Crippen LogP contribution in [-0.2, 0) is 6.18 Å². The lowest BCUT2D eigenvalue weighted by Crippen LogP contribution is -2.04. The molecule has 0 aliphatic heterocycles. The van der Waals surface area contributed by atoms with Crippen LogP contribution in [0.4, 0.5) is 13.2 Å². The molecule has 2 aromatic rings. The largest absolute Gasteiger partial charge is 0.455 e. The van der Waals surface area contributed by atoms with E-state index in [4.69, 9.17) is 27.9 Å².